The first-order valence-corrected chi connectivity index (χ1v) is 7.33. The lowest BCUT2D eigenvalue weighted by atomic mass is 10.3. The molecule has 1 amide bonds. The monoisotopic (exact) mass is 318 g/mol. The molecule has 1 aliphatic rings. The van der Waals surface area contributed by atoms with Gasteiger partial charge in [0, 0.05) is 13.1 Å². The number of rotatable bonds is 4. The average Bonchev–Trinajstić information content (AvgIpc) is 3.05. The molecule has 0 bridgehead atoms. The second-order valence-corrected chi connectivity index (χ2v) is 5.18. The number of amides is 1. The van der Waals surface area contributed by atoms with E-state index in [4.69, 9.17) is 9.84 Å². The highest BCUT2D eigenvalue weighted by atomic mass is 16.5. The number of pyridine rings is 1. The first-order valence-electron chi connectivity index (χ1n) is 7.33. The van der Waals surface area contributed by atoms with Crippen molar-refractivity contribution in [1.29, 1.82) is 0 Å². The molecular formula is C14H18N6O3. The van der Waals surface area contributed by atoms with E-state index in [1.165, 1.54) is 11.0 Å². The summed E-state index contributed by atoms with van der Waals surface area (Å²) < 4.78 is 6.87. The topological polar surface area (TPSA) is 105 Å². The minimum Gasteiger partial charge on any atom is -0.465 e. The number of carbonyl (C=O) groups is 1. The van der Waals surface area contributed by atoms with Crippen molar-refractivity contribution in [3.63, 3.8) is 0 Å². The normalized spacial score (nSPS) is 16.1. The van der Waals surface area contributed by atoms with E-state index in [-0.39, 0.29) is 0 Å². The Kier molecular flexibility index (Phi) is 4.38. The van der Waals surface area contributed by atoms with Gasteiger partial charge >= 0.3 is 6.09 Å². The second kappa shape index (κ2) is 6.61. The van der Waals surface area contributed by atoms with Crippen LogP contribution in [0, 0.1) is 0 Å². The zero-order valence-electron chi connectivity index (χ0n) is 12.7. The Morgan fingerprint density at radius 3 is 2.78 bits per heavy atom. The maximum absolute atomic E-state index is 10.8. The van der Waals surface area contributed by atoms with Gasteiger partial charge < -0.3 is 20.1 Å². The number of morpholine rings is 1. The minimum absolute atomic E-state index is 0.485. The largest absolute Gasteiger partial charge is 0.465 e. The van der Waals surface area contributed by atoms with Crippen LogP contribution in [0.1, 0.15) is 18.8 Å². The molecule has 1 atom stereocenters. The molecule has 0 radical (unpaired) electrons. The van der Waals surface area contributed by atoms with Gasteiger partial charge in [-0.3, -0.25) is 0 Å². The van der Waals surface area contributed by atoms with E-state index < -0.39 is 12.1 Å². The molecule has 1 unspecified atom stereocenters. The van der Waals surface area contributed by atoms with Crippen LogP contribution >= 0.6 is 0 Å². The van der Waals surface area contributed by atoms with Crippen LogP contribution in [-0.2, 0) is 4.74 Å². The molecule has 122 valence electrons. The molecule has 0 saturated carbocycles. The fourth-order valence-corrected chi connectivity index (χ4v) is 2.48. The molecular weight excluding hydrogens is 300 g/mol. The van der Waals surface area contributed by atoms with Crippen LogP contribution in [0.5, 0.6) is 0 Å². The molecule has 3 heterocycles. The average molecular weight is 318 g/mol. The molecule has 0 aromatic carbocycles. The molecule has 2 aromatic heterocycles. The molecule has 9 heteroatoms. The molecule has 23 heavy (non-hydrogen) atoms. The molecule has 1 fully saturated rings. The van der Waals surface area contributed by atoms with E-state index in [0.717, 1.165) is 18.8 Å². The van der Waals surface area contributed by atoms with Gasteiger partial charge in [0.25, 0.3) is 0 Å². The van der Waals surface area contributed by atoms with Crippen molar-refractivity contribution in [3.8, 4) is 5.82 Å². The predicted molar refractivity (Wildman–Crippen MR) is 81.8 cm³/mol. The Hall–Kier alpha value is -2.68. The lowest BCUT2D eigenvalue weighted by Gasteiger charge is -2.28. The standard InChI is InChI=1S/C14H18N6O3/c1-10(18-14(21)22)13-16-9-17-20(13)12-3-2-11(8-15-12)19-4-6-23-7-5-19/h2-3,8-10,18H,4-7H2,1H3,(H,21,22). The van der Waals surface area contributed by atoms with E-state index >= 15 is 0 Å². The van der Waals surface area contributed by atoms with Crippen molar-refractivity contribution in [1.82, 2.24) is 25.1 Å². The van der Waals surface area contributed by atoms with Crippen molar-refractivity contribution in [2.24, 2.45) is 0 Å². The Balaban J connectivity index is 1.80. The molecule has 9 nitrogen and oxygen atoms in total. The summed E-state index contributed by atoms with van der Waals surface area (Å²) in [5.41, 5.74) is 1.02. The van der Waals surface area contributed by atoms with E-state index in [1.54, 1.807) is 13.1 Å². The lowest BCUT2D eigenvalue weighted by Crippen LogP contribution is -2.36. The summed E-state index contributed by atoms with van der Waals surface area (Å²) in [7, 11) is 0. The smallest absolute Gasteiger partial charge is 0.405 e. The van der Waals surface area contributed by atoms with Gasteiger partial charge in [0.05, 0.1) is 31.1 Å². The number of ether oxygens (including phenoxy) is 1. The molecule has 2 N–H and O–H groups in total. The van der Waals surface area contributed by atoms with Crippen molar-refractivity contribution in [3.05, 3.63) is 30.5 Å². The third-order valence-electron chi connectivity index (χ3n) is 3.63. The first kappa shape index (κ1) is 15.2. The van der Waals surface area contributed by atoms with Gasteiger partial charge in [-0.1, -0.05) is 0 Å². The van der Waals surface area contributed by atoms with Gasteiger partial charge in [-0.15, -0.1) is 0 Å². The van der Waals surface area contributed by atoms with Gasteiger partial charge in [-0.2, -0.15) is 9.78 Å². The zero-order chi connectivity index (χ0) is 16.2. The predicted octanol–water partition coefficient (Wildman–Crippen LogP) is 0.827. The van der Waals surface area contributed by atoms with Crippen molar-refractivity contribution in [2.75, 3.05) is 31.2 Å². The highest BCUT2D eigenvalue weighted by Gasteiger charge is 2.17. The van der Waals surface area contributed by atoms with Crippen molar-refractivity contribution < 1.29 is 14.6 Å². The molecule has 0 spiro atoms. The van der Waals surface area contributed by atoms with Gasteiger partial charge in [0.15, 0.2) is 11.6 Å². The fourth-order valence-electron chi connectivity index (χ4n) is 2.48. The molecule has 3 rings (SSSR count). The third-order valence-corrected chi connectivity index (χ3v) is 3.63. The van der Waals surface area contributed by atoms with Crippen LogP contribution < -0.4 is 10.2 Å². The Bertz CT molecular complexity index is 665. The van der Waals surface area contributed by atoms with E-state index in [9.17, 15) is 4.79 Å². The SMILES string of the molecule is CC(NC(=O)O)c1ncnn1-c1ccc(N2CCOCC2)cn1. The summed E-state index contributed by atoms with van der Waals surface area (Å²) in [6.07, 6.45) is 2.05. The van der Waals surface area contributed by atoms with E-state index in [0.29, 0.717) is 24.9 Å². The number of anilines is 1. The number of carboxylic acid groups (broad SMARTS) is 1. The summed E-state index contributed by atoms with van der Waals surface area (Å²) in [4.78, 5) is 21.5. The van der Waals surface area contributed by atoms with Gasteiger partial charge in [-0.05, 0) is 19.1 Å². The van der Waals surface area contributed by atoms with Crippen molar-refractivity contribution in [2.45, 2.75) is 13.0 Å². The second-order valence-electron chi connectivity index (χ2n) is 5.18. The van der Waals surface area contributed by atoms with Gasteiger partial charge in [-0.25, -0.2) is 14.8 Å². The number of nitrogens with one attached hydrogen (secondary N) is 1. The Morgan fingerprint density at radius 1 is 1.35 bits per heavy atom. The third kappa shape index (κ3) is 3.39. The maximum atomic E-state index is 10.8. The summed E-state index contributed by atoms with van der Waals surface area (Å²) in [6, 6.07) is 3.32. The van der Waals surface area contributed by atoms with Gasteiger partial charge in [0.2, 0.25) is 0 Å². The zero-order valence-corrected chi connectivity index (χ0v) is 12.7. The molecule has 2 aromatic rings. The van der Waals surface area contributed by atoms with Crippen LogP contribution in [0.25, 0.3) is 5.82 Å². The fraction of sp³-hybridized carbons (Fsp3) is 0.429. The summed E-state index contributed by atoms with van der Waals surface area (Å²) in [5, 5.41) is 15.3. The lowest BCUT2D eigenvalue weighted by molar-refractivity contribution is 0.122. The highest BCUT2D eigenvalue weighted by Crippen LogP contribution is 2.18. The van der Waals surface area contributed by atoms with Crippen LogP contribution in [0.15, 0.2) is 24.7 Å². The minimum atomic E-state index is -1.11. The van der Waals surface area contributed by atoms with Gasteiger partial charge in [0.1, 0.15) is 6.33 Å². The van der Waals surface area contributed by atoms with Crippen LogP contribution in [0.2, 0.25) is 0 Å². The number of aromatic nitrogens is 4. The summed E-state index contributed by atoms with van der Waals surface area (Å²) in [6.45, 7) is 4.82. The van der Waals surface area contributed by atoms with E-state index in [2.05, 4.69) is 25.3 Å². The molecule has 1 saturated heterocycles. The summed E-state index contributed by atoms with van der Waals surface area (Å²) >= 11 is 0. The van der Waals surface area contributed by atoms with Crippen LogP contribution in [0.3, 0.4) is 0 Å². The number of hydrogen-bond acceptors (Lipinski definition) is 6. The maximum Gasteiger partial charge on any atom is 0.405 e. The quantitative estimate of drug-likeness (QED) is 0.860. The Labute approximate surface area is 132 Å². The Morgan fingerprint density at radius 2 is 2.13 bits per heavy atom. The first-order chi connectivity index (χ1) is 11.1. The molecule has 1 aliphatic heterocycles. The summed E-state index contributed by atoms with van der Waals surface area (Å²) in [5.74, 6) is 1.08. The highest BCUT2D eigenvalue weighted by molar-refractivity contribution is 5.64. The van der Waals surface area contributed by atoms with Crippen molar-refractivity contribution >= 4 is 11.8 Å². The number of nitrogens with zero attached hydrogens (tertiary/aromatic N) is 5. The van der Waals surface area contributed by atoms with E-state index in [1.807, 2.05) is 12.1 Å². The molecule has 0 aliphatic carbocycles. The van der Waals surface area contributed by atoms with Crippen LogP contribution in [0.4, 0.5) is 10.5 Å². The van der Waals surface area contributed by atoms with Crippen LogP contribution in [-0.4, -0.2) is 57.3 Å². The number of hydrogen-bond donors (Lipinski definition) is 2.